The summed E-state index contributed by atoms with van der Waals surface area (Å²) >= 11 is 0. The largest absolute Gasteiger partial charge is 0.448 e. The van der Waals surface area contributed by atoms with E-state index in [1.165, 1.54) is 12.0 Å². The minimum Gasteiger partial charge on any atom is -0.448 e. The SMILES string of the molecule is CCc1ocnc1C(=O)N[C@H]1COCC[C@H]1OCC=C(C)C. The van der Waals surface area contributed by atoms with E-state index in [1.807, 2.05) is 26.8 Å². The second kappa shape index (κ2) is 8.10. The summed E-state index contributed by atoms with van der Waals surface area (Å²) in [5, 5.41) is 2.95. The van der Waals surface area contributed by atoms with Crippen molar-refractivity contribution in [2.45, 2.75) is 45.8 Å². The molecule has 1 saturated heterocycles. The van der Waals surface area contributed by atoms with Crippen LogP contribution in [-0.2, 0) is 15.9 Å². The van der Waals surface area contributed by atoms with Crippen molar-refractivity contribution in [3.8, 4) is 0 Å². The maximum atomic E-state index is 12.3. The van der Waals surface area contributed by atoms with Gasteiger partial charge in [-0.2, -0.15) is 0 Å². The zero-order valence-electron chi connectivity index (χ0n) is 13.4. The van der Waals surface area contributed by atoms with Crippen molar-refractivity contribution in [3.05, 3.63) is 29.5 Å². The third-order valence-electron chi connectivity index (χ3n) is 3.59. The van der Waals surface area contributed by atoms with Crippen LogP contribution in [0.2, 0.25) is 0 Å². The van der Waals surface area contributed by atoms with Gasteiger partial charge < -0.3 is 19.2 Å². The summed E-state index contributed by atoms with van der Waals surface area (Å²) in [5.74, 6) is 0.355. The lowest BCUT2D eigenvalue weighted by Gasteiger charge is -2.31. The van der Waals surface area contributed by atoms with Crippen LogP contribution in [0.5, 0.6) is 0 Å². The molecule has 2 atom stereocenters. The zero-order valence-corrected chi connectivity index (χ0v) is 13.4. The molecule has 1 aromatic heterocycles. The van der Waals surface area contributed by atoms with E-state index < -0.39 is 0 Å². The number of rotatable bonds is 6. The van der Waals surface area contributed by atoms with Gasteiger partial charge in [-0.25, -0.2) is 4.98 Å². The predicted molar refractivity (Wildman–Crippen MR) is 81.7 cm³/mol. The van der Waals surface area contributed by atoms with Gasteiger partial charge in [0.05, 0.1) is 25.4 Å². The van der Waals surface area contributed by atoms with Gasteiger partial charge in [-0.3, -0.25) is 4.79 Å². The molecule has 0 radical (unpaired) electrons. The maximum Gasteiger partial charge on any atom is 0.273 e. The molecule has 0 aromatic carbocycles. The molecule has 0 saturated carbocycles. The topological polar surface area (TPSA) is 73.6 Å². The first kappa shape index (κ1) is 16.7. The number of oxazole rings is 1. The van der Waals surface area contributed by atoms with Gasteiger partial charge in [0, 0.05) is 13.0 Å². The molecule has 1 aliphatic heterocycles. The van der Waals surface area contributed by atoms with Gasteiger partial charge in [-0.15, -0.1) is 0 Å². The first-order valence-electron chi connectivity index (χ1n) is 7.67. The number of aromatic nitrogens is 1. The lowest BCUT2D eigenvalue weighted by Crippen LogP contribution is -2.50. The zero-order chi connectivity index (χ0) is 15.9. The van der Waals surface area contributed by atoms with Crippen molar-refractivity contribution in [1.82, 2.24) is 10.3 Å². The van der Waals surface area contributed by atoms with E-state index in [2.05, 4.69) is 10.3 Å². The van der Waals surface area contributed by atoms with Crippen LogP contribution in [0.4, 0.5) is 0 Å². The standard InChI is InChI=1S/C16H24N2O4/c1-4-13-15(17-10-22-13)16(19)18-12-9-20-7-6-14(12)21-8-5-11(2)3/h5,10,12,14H,4,6-9H2,1-3H3,(H,18,19)/t12-,14+/m0/s1. The minimum atomic E-state index is -0.239. The Balaban J connectivity index is 1.96. The third kappa shape index (κ3) is 4.42. The predicted octanol–water partition coefficient (Wildman–Crippen LogP) is 2.11. The molecule has 0 unspecified atom stereocenters. The van der Waals surface area contributed by atoms with Crippen LogP contribution < -0.4 is 5.32 Å². The van der Waals surface area contributed by atoms with E-state index in [0.717, 1.165) is 6.42 Å². The summed E-state index contributed by atoms with van der Waals surface area (Å²) < 4.78 is 16.5. The summed E-state index contributed by atoms with van der Waals surface area (Å²) in [6.45, 7) is 7.63. The monoisotopic (exact) mass is 308 g/mol. The highest BCUT2D eigenvalue weighted by atomic mass is 16.5. The number of carbonyl (C=O) groups is 1. The van der Waals surface area contributed by atoms with Gasteiger partial charge in [0.2, 0.25) is 0 Å². The number of nitrogens with one attached hydrogen (secondary N) is 1. The molecule has 6 nitrogen and oxygen atoms in total. The Morgan fingerprint density at radius 3 is 3.09 bits per heavy atom. The quantitative estimate of drug-likeness (QED) is 0.815. The lowest BCUT2D eigenvalue weighted by atomic mass is 10.1. The first-order valence-corrected chi connectivity index (χ1v) is 7.67. The van der Waals surface area contributed by atoms with E-state index in [9.17, 15) is 4.79 Å². The summed E-state index contributed by atoms with van der Waals surface area (Å²) in [6, 6.07) is -0.173. The van der Waals surface area contributed by atoms with Crippen molar-refractivity contribution >= 4 is 5.91 Å². The highest BCUT2D eigenvalue weighted by molar-refractivity contribution is 5.93. The van der Waals surface area contributed by atoms with E-state index >= 15 is 0 Å². The Bertz CT molecular complexity index is 520. The summed E-state index contributed by atoms with van der Waals surface area (Å²) in [6.07, 6.45) is 4.67. The highest BCUT2D eigenvalue weighted by Crippen LogP contribution is 2.14. The van der Waals surface area contributed by atoms with Gasteiger partial charge >= 0.3 is 0 Å². The molecule has 1 aromatic rings. The second-order valence-corrected chi connectivity index (χ2v) is 5.57. The van der Waals surface area contributed by atoms with Crippen molar-refractivity contribution in [2.24, 2.45) is 0 Å². The molecule has 1 aliphatic rings. The van der Waals surface area contributed by atoms with Crippen molar-refractivity contribution in [1.29, 1.82) is 0 Å². The fourth-order valence-corrected chi connectivity index (χ4v) is 2.33. The minimum absolute atomic E-state index is 0.0507. The summed E-state index contributed by atoms with van der Waals surface area (Å²) in [7, 11) is 0. The van der Waals surface area contributed by atoms with E-state index in [-0.39, 0.29) is 18.1 Å². The smallest absolute Gasteiger partial charge is 0.273 e. The van der Waals surface area contributed by atoms with Crippen LogP contribution in [0.3, 0.4) is 0 Å². The van der Waals surface area contributed by atoms with E-state index in [1.54, 1.807) is 0 Å². The fourth-order valence-electron chi connectivity index (χ4n) is 2.33. The van der Waals surface area contributed by atoms with Crippen molar-refractivity contribution in [3.63, 3.8) is 0 Å². The van der Waals surface area contributed by atoms with Gasteiger partial charge in [-0.05, 0) is 20.3 Å². The third-order valence-corrected chi connectivity index (χ3v) is 3.59. The fraction of sp³-hybridized carbons (Fsp3) is 0.625. The maximum absolute atomic E-state index is 12.3. The highest BCUT2D eigenvalue weighted by Gasteiger charge is 2.29. The molecule has 2 heterocycles. The molecule has 6 heteroatoms. The van der Waals surface area contributed by atoms with Gasteiger partial charge in [0.1, 0.15) is 5.76 Å². The Hall–Kier alpha value is -1.66. The van der Waals surface area contributed by atoms with Crippen LogP contribution in [0, 0.1) is 0 Å². The second-order valence-electron chi connectivity index (χ2n) is 5.57. The molecule has 0 aliphatic carbocycles. The number of carbonyl (C=O) groups excluding carboxylic acids is 1. The number of ether oxygens (including phenoxy) is 2. The normalized spacial score (nSPS) is 21.4. The van der Waals surface area contributed by atoms with Crippen molar-refractivity contribution < 1.29 is 18.7 Å². The van der Waals surface area contributed by atoms with Crippen LogP contribution >= 0.6 is 0 Å². The van der Waals surface area contributed by atoms with Gasteiger partial charge in [0.15, 0.2) is 12.1 Å². The van der Waals surface area contributed by atoms with Crippen LogP contribution in [0.25, 0.3) is 0 Å². The average molecular weight is 308 g/mol. The molecule has 0 bridgehead atoms. The number of allylic oxidation sites excluding steroid dienone is 1. The number of nitrogens with zero attached hydrogens (tertiary/aromatic N) is 1. The first-order chi connectivity index (χ1) is 10.6. The number of aryl methyl sites for hydroxylation is 1. The summed E-state index contributed by atoms with van der Waals surface area (Å²) in [5.41, 5.74) is 1.55. The lowest BCUT2D eigenvalue weighted by molar-refractivity contribution is -0.0458. The molecule has 2 rings (SSSR count). The Morgan fingerprint density at radius 1 is 1.55 bits per heavy atom. The average Bonchev–Trinajstić information content (AvgIpc) is 2.97. The van der Waals surface area contributed by atoms with Gasteiger partial charge in [-0.1, -0.05) is 18.6 Å². The Kier molecular flexibility index (Phi) is 6.15. The number of hydrogen-bond donors (Lipinski definition) is 1. The molecule has 0 spiro atoms. The Labute approximate surface area is 130 Å². The molecule has 1 N–H and O–H groups in total. The van der Waals surface area contributed by atoms with Gasteiger partial charge in [0.25, 0.3) is 5.91 Å². The van der Waals surface area contributed by atoms with Crippen molar-refractivity contribution in [2.75, 3.05) is 19.8 Å². The molecule has 122 valence electrons. The van der Waals surface area contributed by atoms with Crippen LogP contribution in [-0.4, -0.2) is 42.9 Å². The molecular formula is C16H24N2O4. The number of amides is 1. The Morgan fingerprint density at radius 2 is 2.36 bits per heavy atom. The molecule has 1 amide bonds. The molecule has 1 fully saturated rings. The van der Waals surface area contributed by atoms with E-state index in [0.29, 0.717) is 37.7 Å². The molecular weight excluding hydrogens is 284 g/mol. The summed E-state index contributed by atoms with van der Waals surface area (Å²) in [4.78, 5) is 16.3. The number of hydrogen-bond acceptors (Lipinski definition) is 5. The van der Waals surface area contributed by atoms with Crippen LogP contribution in [0.1, 0.15) is 43.4 Å². The molecule has 22 heavy (non-hydrogen) atoms. The van der Waals surface area contributed by atoms with E-state index in [4.69, 9.17) is 13.9 Å². The van der Waals surface area contributed by atoms with Crippen LogP contribution in [0.15, 0.2) is 22.5 Å².